The van der Waals surface area contributed by atoms with Crippen molar-refractivity contribution in [3.05, 3.63) is 59.7 Å². The van der Waals surface area contributed by atoms with Crippen LogP contribution in [0.2, 0.25) is 0 Å². The van der Waals surface area contributed by atoms with Gasteiger partial charge >= 0.3 is 0 Å². The van der Waals surface area contributed by atoms with Crippen molar-refractivity contribution in [3.63, 3.8) is 0 Å². The third-order valence-electron chi connectivity index (χ3n) is 3.12. The standard InChI is InChI=1S/C14H14ClN5/c1-3-12-14(16)11(15)8-20(18-12)10-4-5-13-9(6-10)7-19(2)17-13/h3-8,18H,1,16H2,2H3. The van der Waals surface area contributed by atoms with Gasteiger partial charge in [-0.05, 0) is 24.3 Å². The molecule has 0 saturated heterocycles. The summed E-state index contributed by atoms with van der Waals surface area (Å²) in [5.41, 5.74) is 12.1. The highest BCUT2D eigenvalue weighted by molar-refractivity contribution is 6.32. The summed E-state index contributed by atoms with van der Waals surface area (Å²) in [5, 5.41) is 7.69. The third kappa shape index (κ3) is 2.02. The largest absolute Gasteiger partial charge is 0.396 e. The topological polar surface area (TPSA) is 59.1 Å². The van der Waals surface area contributed by atoms with Gasteiger partial charge in [0, 0.05) is 24.8 Å². The van der Waals surface area contributed by atoms with Crippen molar-refractivity contribution in [3.8, 4) is 0 Å². The SMILES string of the molecule is C=CC1=C(N)C(Cl)=CN(c2ccc3nn(C)cc3c2)N1. The minimum absolute atomic E-state index is 0.477. The Morgan fingerprint density at radius 3 is 3.00 bits per heavy atom. The van der Waals surface area contributed by atoms with Crippen LogP contribution in [0.25, 0.3) is 10.9 Å². The fourth-order valence-corrected chi connectivity index (χ4v) is 2.31. The molecule has 0 atom stereocenters. The Morgan fingerprint density at radius 2 is 2.25 bits per heavy atom. The summed E-state index contributed by atoms with van der Waals surface area (Å²) < 4.78 is 1.79. The molecule has 0 radical (unpaired) electrons. The average molecular weight is 288 g/mol. The number of rotatable bonds is 2. The number of anilines is 1. The molecule has 0 fully saturated rings. The van der Waals surface area contributed by atoms with Gasteiger partial charge in [0.15, 0.2) is 0 Å². The first-order valence-corrected chi connectivity index (χ1v) is 6.45. The Labute approximate surface area is 121 Å². The molecule has 3 N–H and O–H groups in total. The lowest BCUT2D eigenvalue weighted by Crippen LogP contribution is -2.37. The zero-order valence-electron chi connectivity index (χ0n) is 11.0. The second kappa shape index (κ2) is 4.61. The number of hydrogen-bond donors (Lipinski definition) is 2. The van der Waals surface area contributed by atoms with E-state index in [9.17, 15) is 0 Å². The Hall–Kier alpha value is -2.40. The van der Waals surface area contributed by atoms with Gasteiger partial charge in [0.05, 0.1) is 27.6 Å². The molecule has 0 bridgehead atoms. The lowest BCUT2D eigenvalue weighted by molar-refractivity contribution is 0.780. The van der Waals surface area contributed by atoms with Gasteiger partial charge in [-0.15, -0.1) is 0 Å². The minimum Gasteiger partial charge on any atom is -0.396 e. The predicted octanol–water partition coefficient (Wildman–Crippen LogP) is 2.33. The molecule has 0 spiro atoms. The summed E-state index contributed by atoms with van der Waals surface area (Å²) >= 11 is 6.14. The molecule has 0 aliphatic carbocycles. The molecule has 1 aliphatic heterocycles. The lowest BCUT2D eigenvalue weighted by Gasteiger charge is -2.28. The summed E-state index contributed by atoms with van der Waals surface area (Å²) in [6, 6.07) is 5.95. The highest BCUT2D eigenvalue weighted by Gasteiger charge is 2.16. The van der Waals surface area contributed by atoms with Crippen molar-refractivity contribution in [2.24, 2.45) is 12.8 Å². The van der Waals surface area contributed by atoms with Crippen LogP contribution in [0.3, 0.4) is 0 Å². The number of hydrazine groups is 1. The van der Waals surface area contributed by atoms with Crippen molar-refractivity contribution < 1.29 is 0 Å². The van der Waals surface area contributed by atoms with Crippen LogP contribution in [0.1, 0.15) is 0 Å². The zero-order valence-corrected chi connectivity index (χ0v) is 11.7. The van der Waals surface area contributed by atoms with Crippen LogP contribution < -0.4 is 16.2 Å². The Balaban J connectivity index is 2.02. The molecule has 1 aromatic heterocycles. The summed E-state index contributed by atoms with van der Waals surface area (Å²) in [4.78, 5) is 0. The smallest absolute Gasteiger partial charge is 0.0924 e. The fraction of sp³-hybridized carbons (Fsp3) is 0.0714. The summed E-state index contributed by atoms with van der Waals surface area (Å²) in [5.74, 6) is 0. The molecule has 0 saturated carbocycles. The normalized spacial score (nSPS) is 15.3. The van der Waals surface area contributed by atoms with Gasteiger partial charge in [0.25, 0.3) is 0 Å². The summed E-state index contributed by atoms with van der Waals surface area (Å²) in [6.07, 6.45) is 5.34. The van der Waals surface area contributed by atoms with Crippen LogP contribution in [0.4, 0.5) is 5.69 Å². The maximum atomic E-state index is 6.14. The second-order valence-electron chi connectivity index (χ2n) is 4.54. The van der Waals surface area contributed by atoms with E-state index in [4.69, 9.17) is 17.3 Å². The molecule has 2 aromatic rings. The van der Waals surface area contributed by atoms with Gasteiger partial charge in [-0.2, -0.15) is 5.10 Å². The van der Waals surface area contributed by atoms with Gasteiger partial charge in [-0.3, -0.25) is 15.1 Å². The first kappa shape index (κ1) is 12.6. The van der Waals surface area contributed by atoms with Crippen LogP contribution in [-0.2, 0) is 7.05 Å². The predicted molar refractivity (Wildman–Crippen MR) is 81.7 cm³/mol. The molecule has 102 valence electrons. The number of aromatic nitrogens is 2. The van der Waals surface area contributed by atoms with Gasteiger partial charge in [0.2, 0.25) is 0 Å². The maximum absolute atomic E-state index is 6.14. The van der Waals surface area contributed by atoms with Crippen LogP contribution in [-0.4, -0.2) is 9.78 Å². The van der Waals surface area contributed by atoms with E-state index in [0.29, 0.717) is 16.4 Å². The summed E-state index contributed by atoms with van der Waals surface area (Å²) in [6.45, 7) is 3.72. The highest BCUT2D eigenvalue weighted by atomic mass is 35.5. The van der Waals surface area contributed by atoms with Crippen molar-refractivity contribution in [1.82, 2.24) is 15.2 Å². The quantitative estimate of drug-likeness (QED) is 0.890. The number of aryl methyl sites for hydroxylation is 1. The number of nitrogens with zero attached hydrogens (tertiary/aromatic N) is 3. The molecular formula is C14H14ClN5. The second-order valence-corrected chi connectivity index (χ2v) is 4.94. The number of fused-ring (bicyclic) bond motifs is 1. The van der Waals surface area contributed by atoms with Crippen molar-refractivity contribution in [1.29, 1.82) is 0 Å². The molecule has 5 nitrogen and oxygen atoms in total. The van der Waals surface area contributed by atoms with Crippen LogP contribution in [0.15, 0.2) is 59.7 Å². The van der Waals surface area contributed by atoms with Crippen molar-refractivity contribution in [2.45, 2.75) is 0 Å². The van der Waals surface area contributed by atoms with Gasteiger partial charge in [0.1, 0.15) is 0 Å². The fourth-order valence-electron chi connectivity index (χ4n) is 2.11. The summed E-state index contributed by atoms with van der Waals surface area (Å²) in [7, 11) is 1.90. The molecule has 3 rings (SSSR count). The van der Waals surface area contributed by atoms with E-state index in [1.165, 1.54) is 0 Å². The van der Waals surface area contributed by atoms with E-state index in [1.54, 1.807) is 17.0 Å². The number of benzene rings is 1. The molecule has 0 unspecified atom stereocenters. The van der Waals surface area contributed by atoms with Crippen LogP contribution >= 0.6 is 11.6 Å². The maximum Gasteiger partial charge on any atom is 0.0924 e. The number of hydrogen-bond acceptors (Lipinski definition) is 4. The molecular weight excluding hydrogens is 274 g/mol. The Kier molecular flexibility index (Phi) is 2.91. The van der Waals surface area contributed by atoms with Crippen LogP contribution in [0, 0.1) is 0 Å². The van der Waals surface area contributed by atoms with Crippen molar-refractivity contribution in [2.75, 3.05) is 5.01 Å². The molecule has 20 heavy (non-hydrogen) atoms. The molecule has 0 amide bonds. The molecule has 1 aliphatic rings. The Morgan fingerprint density at radius 1 is 1.45 bits per heavy atom. The highest BCUT2D eigenvalue weighted by Crippen LogP contribution is 2.26. The first-order valence-electron chi connectivity index (χ1n) is 6.07. The lowest BCUT2D eigenvalue weighted by atomic mass is 10.2. The minimum atomic E-state index is 0.477. The van der Waals surface area contributed by atoms with E-state index in [2.05, 4.69) is 17.1 Å². The Bertz CT molecular complexity index is 756. The van der Waals surface area contributed by atoms with E-state index < -0.39 is 0 Å². The number of nitrogens with one attached hydrogen (secondary N) is 1. The average Bonchev–Trinajstić information content (AvgIpc) is 2.80. The molecule has 6 heteroatoms. The zero-order chi connectivity index (χ0) is 14.3. The van der Waals surface area contributed by atoms with E-state index in [0.717, 1.165) is 16.6 Å². The van der Waals surface area contributed by atoms with Crippen molar-refractivity contribution >= 4 is 28.2 Å². The number of halogens is 1. The molecule has 2 heterocycles. The van der Waals surface area contributed by atoms with E-state index >= 15 is 0 Å². The number of nitrogens with two attached hydrogens (primary N) is 1. The monoisotopic (exact) mass is 287 g/mol. The molecule has 1 aromatic carbocycles. The van der Waals surface area contributed by atoms with Gasteiger partial charge < -0.3 is 5.73 Å². The van der Waals surface area contributed by atoms with E-state index in [-0.39, 0.29) is 0 Å². The van der Waals surface area contributed by atoms with Crippen LogP contribution in [0.5, 0.6) is 0 Å². The number of allylic oxidation sites excluding steroid dienone is 2. The third-order valence-corrected chi connectivity index (χ3v) is 3.42. The first-order chi connectivity index (χ1) is 9.58. The van der Waals surface area contributed by atoms with Gasteiger partial charge in [-0.25, -0.2) is 0 Å². The van der Waals surface area contributed by atoms with E-state index in [1.807, 2.05) is 36.5 Å². The van der Waals surface area contributed by atoms with Gasteiger partial charge in [-0.1, -0.05) is 18.2 Å².